The predicted molar refractivity (Wildman–Crippen MR) is 39.6 cm³/mol. The molecule has 0 unspecified atom stereocenters. The summed E-state index contributed by atoms with van der Waals surface area (Å²) in [6.07, 6.45) is -4.76. The van der Waals surface area contributed by atoms with Crippen LogP contribution in [-0.4, -0.2) is 18.8 Å². The Morgan fingerprint density at radius 3 is 2.15 bits per heavy atom. The average molecular weight is 197 g/mol. The van der Waals surface area contributed by atoms with Gasteiger partial charge >= 0.3 is 12.1 Å². The first-order valence-electron chi connectivity index (χ1n) is 3.51. The number of alkyl halides is 3. The second kappa shape index (κ2) is 4.15. The third-order valence-corrected chi connectivity index (χ3v) is 1.16. The molecule has 0 rings (SSSR count). The minimum atomic E-state index is -4.76. The summed E-state index contributed by atoms with van der Waals surface area (Å²) in [5.74, 6) is -1.44. The summed E-state index contributed by atoms with van der Waals surface area (Å²) >= 11 is 0. The summed E-state index contributed by atoms with van der Waals surface area (Å²) < 4.78 is 40.5. The molecule has 0 bridgehead atoms. The Morgan fingerprint density at radius 1 is 1.46 bits per heavy atom. The summed E-state index contributed by atoms with van der Waals surface area (Å²) in [4.78, 5) is 10.8. The number of allylic oxidation sites excluding steroid dienone is 1. The fourth-order valence-electron chi connectivity index (χ4n) is 0.704. The minimum absolute atomic E-state index is 0.119. The molecule has 6 heteroatoms. The number of halogens is 3. The average Bonchev–Trinajstić information content (AvgIpc) is 1.82. The van der Waals surface area contributed by atoms with Gasteiger partial charge in [0.1, 0.15) is 0 Å². The molecule has 0 aromatic rings. The van der Waals surface area contributed by atoms with Crippen LogP contribution in [-0.2, 0) is 9.53 Å². The standard InChI is InChI=1S/C7H10F3NO2/c1-3-13-6(12)5(4(2)11)7(8,9)10/h3,11H2,1-2H3. The number of nitrogens with two attached hydrogens (primary N) is 1. The molecule has 0 heterocycles. The van der Waals surface area contributed by atoms with Crippen LogP contribution in [0.3, 0.4) is 0 Å². The van der Waals surface area contributed by atoms with Crippen LogP contribution in [0.1, 0.15) is 13.8 Å². The first-order chi connectivity index (χ1) is 5.80. The highest BCUT2D eigenvalue weighted by atomic mass is 19.4. The largest absolute Gasteiger partial charge is 0.462 e. The van der Waals surface area contributed by atoms with Gasteiger partial charge in [-0.3, -0.25) is 0 Å². The molecule has 0 radical (unpaired) electrons. The molecule has 76 valence electrons. The van der Waals surface area contributed by atoms with Gasteiger partial charge in [0.15, 0.2) is 5.57 Å². The van der Waals surface area contributed by atoms with Gasteiger partial charge in [-0.25, -0.2) is 4.79 Å². The van der Waals surface area contributed by atoms with E-state index in [0.29, 0.717) is 0 Å². The van der Waals surface area contributed by atoms with Crippen molar-refractivity contribution in [3.05, 3.63) is 11.3 Å². The normalized spacial score (nSPS) is 13.6. The van der Waals surface area contributed by atoms with Gasteiger partial charge in [0.25, 0.3) is 0 Å². The van der Waals surface area contributed by atoms with Gasteiger partial charge in [0, 0.05) is 5.70 Å². The van der Waals surface area contributed by atoms with Crippen molar-refractivity contribution in [3.63, 3.8) is 0 Å². The van der Waals surface area contributed by atoms with Crippen LogP contribution >= 0.6 is 0 Å². The molecule has 0 saturated carbocycles. The van der Waals surface area contributed by atoms with Crippen LogP contribution in [0, 0.1) is 0 Å². The van der Waals surface area contributed by atoms with Crippen molar-refractivity contribution < 1.29 is 22.7 Å². The van der Waals surface area contributed by atoms with Gasteiger partial charge in [-0.2, -0.15) is 13.2 Å². The molecule has 0 aliphatic heterocycles. The first-order valence-corrected chi connectivity index (χ1v) is 3.51. The summed E-state index contributed by atoms with van der Waals surface area (Å²) in [6.45, 7) is 2.29. The number of carbonyl (C=O) groups excluding carboxylic acids is 1. The molecule has 0 spiro atoms. The molecule has 0 amide bonds. The van der Waals surface area contributed by atoms with E-state index in [0.717, 1.165) is 6.92 Å². The molecule has 0 atom stereocenters. The number of carbonyl (C=O) groups is 1. The van der Waals surface area contributed by atoms with E-state index < -0.39 is 23.4 Å². The molecule has 0 aromatic carbocycles. The second-order valence-corrected chi connectivity index (χ2v) is 2.28. The van der Waals surface area contributed by atoms with Crippen molar-refractivity contribution in [3.8, 4) is 0 Å². The minimum Gasteiger partial charge on any atom is -0.462 e. The summed E-state index contributed by atoms with van der Waals surface area (Å²) in [6, 6.07) is 0. The van der Waals surface area contributed by atoms with Crippen LogP contribution in [0.2, 0.25) is 0 Å². The maximum absolute atomic E-state index is 12.1. The highest BCUT2D eigenvalue weighted by Crippen LogP contribution is 2.27. The van der Waals surface area contributed by atoms with Crippen LogP contribution in [0.25, 0.3) is 0 Å². The van der Waals surface area contributed by atoms with E-state index in [1.165, 1.54) is 6.92 Å². The van der Waals surface area contributed by atoms with Gasteiger partial charge in [-0.15, -0.1) is 0 Å². The van der Waals surface area contributed by atoms with Gasteiger partial charge in [0.2, 0.25) is 0 Å². The topological polar surface area (TPSA) is 52.3 Å². The molecular formula is C7H10F3NO2. The van der Waals surface area contributed by atoms with Crippen molar-refractivity contribution in [1.29, 1.82) is 0 Å². The van der Waals surface area contributed by atoms with Gasteiger partial charge in [0.05, 0.1) is 6.61 Å². The van der Waals surface area contributed by atoms with Crippen molar-refractivity contribution in [2.24, 2.45) is 5.73 Å². The number of ether oxygens (including phenoxy) is 1. The zero-order valence-corrected chi connectivity index (χ0v) is 7.23. The Balaban J connectivity index is 4.87. The molecule has 0 aliphatic carbocycles. The second-order valence-electron chi connectivity index (χ2n) is 2.28. The van der Waals surface area contributed by atoms with Crippen LogP contribution in [0.5, 0.6) is 0 Å². The van der Waals surface area contributed by atoms with Gasteiger partial charge in [-0.05, 0) is 13.8 Å². The van der Waals surface area contributed by atoms with Gasteiger partial charge < -0.3 is 10.5 Å². The van der Waals surface area contributed by atoms with Crippen molar-refractivity contribution in [1.82, 2.24) is 0 Å². The predicted octanol–water partition coefficient (Wildman–Crippen LogP) is 1.34. The summed E-state index contributed by atoms with van der Waals surface area (Å²) in [5, 5.41) is 0. The number of esters is 1. The highest BCUT2D eigenvalue weighted by Gasteiger charge is 2.41. The Kier molecular flexibility index (Phi) is 3.77. The quantitative estimate of drug-likeness (QED) is 0.537. The molecule has 3 nitrogen and oxygen atoms in total. The van der Waals surface area contributed by atoms with E-state index in [-0.39, 0.29) is 6.61 Å². The van der Waals surface area contributed by atoms with E-state index >= 15 is 0 Å². The highest BCUT2D eigenvalue weighted by molar-refractivity contribution is 5.90. The fraction of sp³-hybridized carbons (Fsp3) is 0.571. The smallest absolute Gasteiger partial charge is 0.425 e. The lowest BCUT2D eigenvalue weighted by molar-refractivity contribution is -0.150. The lowest BCUT2D eigenvalue weighted by Crippen LogP contribution is -2.25. The number of hydrogen-bond donors (Lipinski definition) is 1. The van der Waals surface area contributed by atoms with Crippen LogP contribution < -0.4 is 5.73 Å². The van der Waals surface area contributed by atoms with Crippen molar-refractivity contribution in [2.45, 2.75) is 20.0 Å². The molecule has 0 saturated heterocycles. The third kappa shape index (κ3) is 3.35. The van der Waals surface area contributed by atoms with Crippen molar-refractivity contribution >= 4 is 5.97 Å². The monoisotopic (exact) mass is 197 g/mol. The fourth-order valence-corrected chi connectivity index (χ4v) is 0.704. The van der Waals surface area contributed by atoms with E-state index in [4.69, 9.17) is 5.73 Å². The molecular weight excluding hydrogens is 187 g/mol. The molecule has 0 fully saturated rings. The van der Waals surface area contributed by atoms with Crippen molar-refractivity contribution in [2.75, 3.05) is 6.61 Å². The SMILES string of the molecule is CCOC(=O)C(=C(C)N)C(F)(F)F. The maximum Gasteiger partial charge on any atom is 0.425 e. The molecule has 2 N–H and O–H groups in total. The lowest BCUT2D eigenvalue weighted by Gasteiger charge is -2.11. The molecule has 0 aliphatic rings. The Labute approximate surface area is 73.4 Å². The third-order valence-electron chi connectivity index (χ3n) is 1.16. The molecule has 13 heavy (non-hydrogen) atoms. The lowest BCUT2D eigenvalue weighted by atomic mass is 10.2. The summed E-state index contributed by atoms with van der Waals surface area (Å²) in [7, 11) is 0. The number of rotatable bonds is 2. The van der Waals surface area contributed by atoms with E-state index in [9.17, 15) is 18.0 Å². The Bertz CT molecular complexity index is 228. The zero-order chi connectivity index (χ0) is 10.6. The molecule has 0 aromatic heterocycles. The first kappa shape index (κ1) is 11.8. The Hall–Kier alpha value is -1.20. The van der Waals surface area contributed by atoms with E-state index in [1.807, 2.05) is 0 Å². The maximum atomic E-state index is 12.1. The summed E-state index contributed by atoms with van der Waals surface area (Å²) in [5.41, 5.74) is 2.89. The Morgan fingerprint density at radius 2 is 1.92 bits per heavy atom. The van der Waals surface area contributed by atoms with Crippen LogP contribution in [0.4, 0.5) is 13.2 Å². The van der Waals surface area contributed by atoms with E-state index in [1.54, 1.807) is 0 Å². The number of hydrogen-bond acceptors (Lipinski definition) is 3. The van der Waals surface area contributed by atoms with Gasteiger partial charge in [-0.1, -0.05) is 0 Å². The zero-order valence-electron chi connectivity index (χ0n) is 7.23. The van der Waals surface area contributed by atoms with E-state index in [2.05, 4.69) is 4.74 Å². The van der Waals surface area contributed by atoms with Crippen LogP contribution in [0.15, 0.2) is 11.3 Å².